The van der Waals surface area contributed by atoms with E-state index in [1.807, 2.05) is 6.92 Å². The molecule has 2 aromatic carbocycles. The lowest BCUT2D eigenvalue weighted by Gasteiger charge is -2.29. The van der Waals surface area contributed by atoms with Gasteiger partial charge in [-0.2, -0.15) is 0 Å². The van der Waals surface area contributed by atoms with Gasteiger partial charge in [-0.05, 0) is 43.2 Å². The Kier molecular flexibility index (Phi) is 10.3. The van der Waals surface area contributed by atoms with Crippen LogP contribution in [0.15, 0.2) is 42.5 Å². The number of halogens is 3. The van der Waals surface area contributed by atoms with Crippen molar-refractivity contribution in [2.24, 2.45) is 0 Å². The second-order valence-corrected chi connectivity index (χ2v) is 8.55. The zero-order valence-corrected chi connectivity index (χ0v) is 19.2. The van der Waals surface area contributed by atoms with E-state index in [4.69, 9.17) is 11.6 Å². The molecule has 2 aromatic rings. The Bertz CT molecular complexity index is 860. The van der Waals surface area contributed by atoms with Gasteiger partial charge in [-0.1, -0.05) is 43.1 Å². The first-order valence-corrected chi connectivity index (χ1v) is 11.7. The van der Waals surface area contributed by atoms with Crippen LogP contribution in [-0.4, -0.2) is 35.1 Å². The zero-order chi connectivity index (χ0) is 22.8. The van der Waals surface area contributed by atoms with Gasteiger partial charge in [0.25, 0.3) is 0 Å². The fourth-order valence-electron chi connectivity index (χ4n) is 2.90. The van der Waals surface area contributed by atoms with Crippen LogP contribution in [0.2, 0.25) is 5.02 Å². The molecule has 0 bridgehead atoms. The second kappa shape index (κ2) is 12.7. The van der Waals surface area contributed by atoms with Crippen LogP contribution in [0.3, 0.4) is 0 Å². The van der Waals surface area contributed by atoms with Gasteiger partial charge in [-0.25, -0.2) is 8.78 Å². The first-order valence-electron chi connectivity index (χ1n) is 10.2. The Balaban J connectivity index is 2.07. The molecule has 1 N–H and O–H groups in total. The second-order valence-electron chi connectivity index (χ2n) is 7.16. The molecule has 0 aliphatic heterocycles. The van der Waals surface area contributed by atoms with E-state index in [1.54, 1.807) is 25.1 Å². The van der Waals surface area contributed by atoms with E-state index in [0.29, 0.717) is 22.7 Å². The number of benzene rings is 2. The van der Waals surface area contributed by atoms with Crippen molar-refractivity contribution in [1.29, 1.82) is 0 Å². The Hall–Kier alpha value is -2.12. The van der Waals surface area contributed by atoms with E-state index in [1.165, 1.54) is 40.9 Å². The average Bonchev–Trinajstić information content (AvgIpc) is 2.75. The van der Waals surface area contributed by atoms with Crippen molar-refractivity contribution in [1.82, 2.24) is 10.2 Å². The first kappa shape index (κ1) is 25.1. The molecule has 31 heavy (non-hydrogen) atoms. The molecule has 0 radical (unpaired) electrons. The maximum Gasteiger partial charge on any atom is 0.242 e. The average molecular weight is 469 g/mol. The van der Waals surface area contributed by atoms with Gasteiger partial charge < -0.3 is 10.2 Å². The monoisotopic (exact) mass is 468 g/mol. The summed E-state index contributed by atoms with van der Waals surface area (Å²) in [5.41, 5.74) is 1.06. The predicted octanol–water partition coefficient (Wildman–Crippen LogP) is 5.19. The minimum absolute atomic E-state index is 0.0540. The van der Waals surface area contributed by atoms with Gasteiger partial charge in [0.1, 0.15) is 17.7 Å². The largest absolute Gasteiger partial charge is 0.354 e. The summed E-state index contributed by atoms with van der Waals surface area (Å²) in [5.74, 6) is -1.01. The van der Waals surface area contributed by atoms with E-state index >= 15 is 0 Å². The highest BCUT2D eigenvalue weighted by atomic mass is 35.5. The minimum Gasteiger partial charge on any atom is -0.354 e. The van der Waals surface area contributed by atoms with Crippen molar-refractivity contribution in [2.45, 2.75) is 45.0 Å². The highest BCUT2D eigenvalue weighted by Gasteiger charge is 2.26. The molecule has 2 amide bonds. The summed E-state index contributed by atoms with van der Waals surface area (Å²) in [7, 11) is 0. The number of amides is 2. The number of carbonyl (C=O) groups excluding carboxylic acids is 2. The fourth-order valence-corrected chi connectivity index (χ4v) is 4.15. The highest BCUT2D eigenvalue weighted by molar-refractivity contribution is 7.99. The number of rotatable bonds is 11. The summed E-state index contributed by atoms with van der Waals surface area (Å²) in [6.45, 7) is 4.40. The van der Waals surface area contributed by atoms with Crippen LogP contribution in [0, 0.1) is 11.6 Å². The molecule has 2 rings (SSSR count). The minimum atomic E-state index is -0.702. The third-order valence-corrected chi connectivity index (χ3v) is 6.09. The van der Waals surface area contributed by atoms with Gasteiger partial charge in [0.15, 0.2) is 0 Å². The standard InChI is InChI=1S/C23H27ClF2N2O2S/c1-3-4-12-27-23(30)16(2)28(13-17-8-10-18(25)11-9-17)22(29)15-31-14-19-20(24)6-5-7-21(19)26/h5-11,16H,3-4,12-15H2,1-2H3,(H,27,30)/t16-/m0/s1. The lowest BCUT2D eigenvalue weighted by molar-refractivity contribution is -0.138. The number of thioether (sulfide) groups is 1. The number of hydrogen-bond donors (Lipinski definition) is 1. The van der Waals surface area contributed by atoms with Crippen LogP contribution in [0.25, 0.3) is 0 Å². The fraction of sp³-hybridized carbons (Fsp3) is 0.391. The van der Waals surface area contributed by atoms with Crippen molar-refractivity contribution < 1.29 is 18.4 Å². The molecule has 0 aromatic heterocycles. The molecule has 0 saturated heterocycles. The number of carbonyl (C=O) groups is 2. The summed E-state index contributed by atoms with van der Waals surface area (Å²) < 4.78 is 27.2. The van der Waals surface area contributed by atoms with Gasteiger partial charge in [-0.15, -0.1) is 11.8 Å². The molecule has 0 unspecified atom stereocenters. The highest BCUT2D eigenvalue weighted by Crippen LogP contribution is 2.24. The van der Waals surface area contributed by atoms with Gasteiger partial charge in [0.2, 0.25) is 11.8 Å². The predicted molar refractivity (Wildman–Crippen MR) is 122 cm³/mol. The van der Waals surface area contributed by atoms with E-state index < -0.39 is 11.9 Å². The molecule has 8 heteroatoms. The van der Waals surface area contributed by atoms with Crippen LogP contribution in [-0.2, 0) is 21.9 Å². The van der Waals surface area contributed by atoms with E-state index in [9.17, 15) is 18.4 Å². The summed E-state index contributed by atoms with van der Waals surface area (Å²) in [5, 5.41) is 3.16. The third-order valence-electron chi connectivity index (χ3n) is 4.80. The summed E-state index contributed by atoms with van der Waals surface area (Å²) in [6, 6.07) is 9.57. The molecule has 4 nitrogen and oxygen atoms in total. The van der Waals surface area contributed by atoms with Crippen LogP contribution in [0.1, 0.15) is 37.8 Å². The number of unbranched alkanes of at least 4 members (excludes halogenated alkanes) is 1. The van der Waals surface area contributed by atoms with E-state index in [0.717, 1.165) is 12.8 Å². The van der Waals surface area contributed by atoms with Crippen LogP contribution >= 0.6 is 23.4 Å². The number of hydrogen-bond acceptors (Lipinski definition) is 3. The lowest BCUT2D eigenvalue weighted by Crippen LogP contribution is -2.48. The van der Waals surface area contributed by atoms with Crippen LogP contribution in [0.5, 0.6) is 0 Å². The quantitative estimate of drug-likeness (QED) is 0.462. The summed E-state index contributed by atoms with van der Waals surface area (Å²) in [6.07, 6.45) is 1.80. The van der Waals surface area contributed by atoms with Crippen LogP contribution in [0.4, 0.5) is 8.78 Å². The Morgan fingerprint density at radius 2 is 1.87 bits per heavy atom. The smallest absolute Gasteiger partial charge is 0.242 e. The molecule has 0 heterocycles. The van der Waals surface area contributed by atoms with Crippen molar-refractivity contribution in [3.63, 3.8) is 0 Å². The van der Waals surface area contributed by atoms with Gasteiger partial charge in [0.05, 0.1) is 5.75 Å². The van der Waals surface area contributed by atoms with Crippen LogP contribution < -0.4 is 5.32 Å². The topological polar surface area (TPSA) is 49.4 Å². The third kappa shape index (κ3) is 7.82. The zero-order valence-electron chi connectivity index (χ0n) is 17.7. The SMILES string of the molecule is CCCCNC(=O)[C@H](C)N(Cc1ccc(F)cc1)C(=O)CSCc1c(F)cccc1Cl. The lowest BCUT2D eigenvalue weighted by atomic mass is 10.1. The van der Waals surface area contributed by atoms with Gasteiger partial charge in [-0.3, -0.25) is 9.59 Å². The molecule has 168 valence electrons. The summed E-state index contributed by atoms with van der Waals surface area (Å²) in [4.78, 5) is 27.0. The van der Waals surface area contributed by atoms with Crippen molar-refractivity contribution in [2.75, 3.05) is 12.3 Å². The molecule has 0 aliphatic carbocycles. The summed E-state index contributed by atoms with van der Waals surface area (Å²) >= 11 is 7.28. The molecule has 1 atom stereocenters. The van der Waals surface area contributed by atoms with Gasteiger partial charge in [0, 0.05) is 29.4 Å². The number of nitrogens with one attached hydrogen (secondary N) is 1. The number of nitrogens with zero attached hydrogens (tertiary/aromatic N) is 1. The Labute approximate surface area is 191 Å². The van der Waals surface area contributed by atoms with Crippen molar-refractivity contribution in [3.8, 4) is 0 Å². The molecule has 0 fully saturated rings. The first-order chi connectivity index (χ1) is 14.8. The molecule has 0 saturated carbocycles. The Morgan fingerprint density at radius 1 is 1.16 bits per heavy atom. The molecular formula is C23H27ClF2N2O2S. The van der Waals surface area contributed by atoms with Gasteiger partial charge >= 0.3 is 0 Å². The normalized spacial score (nSPS) is 11.8. The molecular weight excluding hydrogens is 442 g/mol. The maximum atomic E-state index is 14.0. The van der Waals surface area contributed by atoms with Crippen molar-refractivity contribution in [3.05, 3.63) is 70.2 Å². The van der Waals surface area contributed by atoms with E-state index in [-0.39, 0.29) is 35.7 Å². The molecule has 0 aliphatic rings. The Morgan fingerprint density at radius 3 is 2.52 bits per heavy atom. The maximum absolute atomic E-state index is 14.0. The van der Waals surface area contributed by atoms with Crippen molar-refractivity contribution >= 4 is 35.2 Å². The van der Waals surface area contributed by atoms with E-state index in [2.05, 4.69) is 5.32 Å². The molecule has 0 spiro atoms.